The summed E-state index contributed by atoms with van der Waals surface area (Å²) in [7, 11) is -3.19. The Labute approximate surface area is 166 Å². The Hall–Kier alpha value is -2.57. The zero-order chi connectivity index (χ0) is 19.7. The molecular weight excluding hydrogens is 402 g/mol. The van der Waals surface area contributed by atoms with Gasteiger partial charge in [0.15, 0.2) is 11.5 Å². The number of aromatic nitrogens is 4. The van der Waals surface area contributed by atoms with Gasteiger partial charge in [0.05, 0.1) is 16.8 Å². The molecule has 10 nitrogen and oxygen atoms in total. The molecule has 4 heterocycles. The molecule has 0 aliphatic carbocycles. The largest absolute Gasteiger partial charge is 0.414 e. The second-order valence-electron chi connectivity index (χ2n) is 6.14. The van der Waals surface area contributed by atoms with E-state index < -0.39 is 10.0 Å². The van der Waals surface area contributed by atoms with Crippen molar-refractivity contribution in [3.05, 3.63) is 23.7 Å². The van der Waals surface area contributed by atoms with E-state index >= 15 is 0 Å². The van der Waals surface area contributed by atoms with Crippen LogP contribution in [0.2, 0.25) is 0 Å². The highest BCUT2D eigenvalue weighted by Crippen LogP contribution is 2.29. The van der Waals surface area contributed by atoms with E-state index in [0.29, 0.717) is 43.6 Å². The van der Waals surface area contributed by atoms with E-state index in [1.807, 2.05) is 22.4 Å². The molecule has 0 radical (unpaired) electrons. The highest BCUT2D eigenvalue weighted by molar-refractivity contribution is 7.89. The molecule has 1 saturated heterocycles. The Morgan fingerprint density at radius 3 is 2.64 bits per heavy atom. The van der Waals surface area contributed by atoms with Crippen LogP contribution < -0.4 is 10.6 Å². The fraction of sp³-hybridized carbons (Fsp3) is 0.375. The van der Waals surface area contributed by atoms with Crippen LogP contribution in [0.3, 0.4) is 0 Å². The minimum absolute atomic E-state index is 0.0998. The molecule has 0 bridgehead atoms. The van der Waals surface area contributed by atoms with Crippen LogP contribution in [0.1, 0.15) is 6.92 Å². The molecule has 4 rings (SSSR count). The van der Waals surface area contributed by atoms with Gasteiger partial charge in [-0.1, -0.05) is 6.07 Å². The summed E-state index contributed by atoms with van der Waals surface area (Å²) in [6.45, 7) is 3.48. The maximum atomic E-state index is 12.0. The number of sulfonamides is 1. The summed E-state index contributed by atoms with van der Waals surface area (Å²) in [5.74, 6) is 1.48. The first kappa shape index (κ1) is 18.8. The summed E-state index contributed by atoms with van der Waals surface area (Å²) in [6.07, 6.45) is 1.57. The molecule has 0 aromatic carbocycles. The van der Waals surface area contributed by atoms with Gasteiger partial charge in [-0.3, -0.25) is 0 Å². The van der Waals surface area contributed by atoms with Crippen molar-refractivity contribution in [1.82, 2.24) is 24.5 Å². The third kappa shape index (κ3) is 3.57. The van der Waals surface area contributed by atoms with Gasteiger partial charge in [0.1, 0.15) is 5.82 Å². The first-order chi connectivity index (χ1) is 13.5. The summed E-state index contributed by atoms with van der Waals surface area (Å²) >= 11 is 1.49. The number of nitrogen functional groups attached to an aromatic ring is 1. The molecule has 0 saturated carbocycles. The normalized spacial score (nSPS) is 15.8. The van der Waals surface area contributed by atoms with Crippen LogP contribution in [0.25, 0.3) is 22.4 Å². The summed E-state index contributed by atoms with van der Waals surface area (Å²) in [4.78, 5) is 11.6. The summed E-state index contributed by atoms with van der Waals surface area (Å²) in [5, 5.41) is 10.0. The molecule has 28 heavy (non-hydrogen) atoms. The Kier molecular flexibility index (Phi) is 5.00. The summed E-state index contributed by atoms with van der Waals surface area (Å²) < 4.78 is 31.2. The van der Waals surface area contributed by atoms with E-state index in [0.717, 1.165) is 4.88 Å². The Morgan fingerprint density at radius 2 is 1.96 bits per heavy atom. The number of rotatable bonds is 5. The van der Waals surface area contributed by atoms with Gasteiger partial charge in [0.25, 0.3) is 11.8 Å². The Morgan fingerprint density at radius 1 is 1.21 bits per heavy atom. The first-order valence-corrected chi connectivity index (χ1v) is 11.2. The van der Waals surface area contributed by atoms with E-state index in [1.165, 1.54) is 15.6 Å². The topological polar surface area (TPSA) is 131 Å². The van der Waals surface area contributed by atoms with Crippen molar-refractivity contribution >= 4 is 33.0 Å². The van der Waals surface area contributed by atoms with Gasteiger partial charge in [-0.15, -0.1) is 21.5 Å². The Balaban J connectivity index is 1.55. The van der Waals surface area contributed by atoms with Gasteiger partial charge < -0.3 is 15.1 Å². The molecule has 2 N–H and O–H groups in total. The van der Waals surface area contributed by atoms with E-state index in [4.69, 9.17) is 10.2 Å². The van der Waals surface area contributed by atoms with Crippen molar-refractivity contribution in [2.45, 2.75) is 6.92 Å². The maximum absolute atomic E-state index is 12.0. The van der Waals surface area contributed by atoms with E-state index in [1.54, 1.807) is 13.1 Å². The van der Waals surface area contributed by atoms with Crippen LogP contribution in [-0.4, -0.2) is 64.8 Å². The second kappa shape index (κ2) is 7.45. The minimum Gasteiger partial charge on any atom is -0.414 e. The van der Waals surface area contributed by atoms with Gasteiger partial charge in [-0.2, -0.15) is 4.31 Å². The molecule has 0 atom stereocenters. The van der Waals surface area contributed by atoms with Gasteiger partial charge in [-0.25, -0.2) is 18.4 Å². The number of hydrogen-bond donors (Lipinski definition) is 1. The van der Waals surface area contributed by atoms with Crippen LogP contribution in [0, 0.1) is 0 Å². The predicted molar refractivity (Wildman–Crippen MR) is 106 cm³/mol. The second-order valence-corrected chi connectivity index (χ2v) is 9.34. The molecule has 12 heteroatoms. The number of piperazine rings is 1. The number of anilines is 2. The number of nitrogens with zero attached hydrogens (tertiary/aromatic N) is 6. The predicted octanol–water partition coefficient (Wildman–Crippen LogP) is 1.31. The smallest absolute Gasteiger partial charge is 0.270 e. The monoisotopic (exact) mass is 421 g/mol. The summed E-state index contributed by atoms with van der Waals surface area (Å²) in [6, 6.07) is 3.79. The molecule has 3 aromatic heterocycles. The molecule has 0 amide bonds. The quantitative estimate of drug-likeness (QED) is 0.647. The highest BCUT2D eigenvalue weighted by atomic mass is 32.2. The number of nitrogens with two attached hydrogens (primary N) is 1. The number of thiophene rings is 1. The fourth-order valence-corrected chi connectivity index (χ4v) is 4.62. The lowest BCUT2D eigenvalue weighted by Gasteiger charge is -2.34. The summed E-state index contributed by atoms with van der Waals surface area (Å²) in [5.41, 5.74) is 6.29. The van der Waals surface area contributed by atoms with Crippen LogP contribution in [0.15, 0.2) is 28.1 Å². The van der Waals surface area contributed by atoms with E-state index in [9.17, 15) is 8.42 Å². The maximum Gasteiger partial charge on any atom is 0.270 e. The standard InChI is InChI=1S/C16H19N7O3S2/c1-2-28(24,25)23-7-5-22(6-8-23)12-10-18-14(17)13(19-12)16-21-20-15(26-16)11-4-3-9-27-11/h3-4,9-10H,2,5-8H2,1H3,(H2,17,18). The third-order valence-corrected chi connectivity index (χ3v) is 7.21. The molecule has 148 valence electrons. The lowest BCUT2D eigenvalue weighted by molar-refractivity contribution is 0.384. The van der Waals surface area contributed by atoms with Crippen LogP contribution >= 0.6 is 11.3 Å². The van der Waals surface area contributed by atoms with Crippen molar-refractivity contribution in [1.29, 1.82) is 0 Å². The van der Waals surface area contributed by atoms with E-state index in [2.05, 4.69) is 20.2 Å². The molecule has 3 aromatic rings. The SMILES string of the molecule is CCS(=O)(=O)N1CCN(c2cnc(N)c(-c3nnc(-c4cccs4)o3)n2)CC1. The molecule has 1 fully saturated rings. The first-order valence-electron chi connectivity index (χ1n) is 8.71. The third-order valence-electron chi connectivity index (χ3n) is 4.47. The number of hydrogen-bond acceptors (Lipinski definition) is 10. The van der Waals surface area contributed by atoms with Crippen molar-refractivity contribution in [2.24, 2.45) is 0 Å². The Bertz CT molecular complexity index is 1060. The van der Waals surface area contributed by atoms with Crippen molar-refractivity contribution in [3.63, 3.8) is 0 Å². The van der Waals surface area contributed by atoms with E-state index in [-0.39, 0.29) is 17.5 Å². The zero-order valence-corrected chi connectivity index (χ0v) is 16.8. The van der Waals surface area contributed by atoms with Crippen LogP contribution in [0.5, 0.6) is 0 Å². The molecule has 1 aliphatic heterocycles. The van der Waals surface area contributed by atoms with Crippen molar-refractivity contribution < 1.29 is 12.8 Å². The molecular formula is C16H19N7O3S2. The van der Waals surface area contributed by atoms with Crippen molar-refractivity contribution in [3.8, 4) is 22.4 Å². The van der Waals surface area contributed by atoms with Gasteiger partial charge >= 0.3 is 0 Å². The van der Waals surface area contributed by atoms with Gasteiger partial charge in [0, 0.05) is 26.2 Å². The van der Waals surface area contributed by atoms with Crippen molar-refractivity contribution in [2.75, 3.05) is 42.6 Å². The minimum atomic E-state index is -3.19. The molecule has 0 spiro atoms. The van der Waals surface area contributed by atoms with Gasteiger partial charge in [0.2, 0.25) is 10.0 Å². The lowest BCUT2D eigenvalue weighted by atomic mass is 10.3. The fourth-order valence-electron chi connectivity index (χ4n) is 2.90. The van der Waals surface area contributed by atoms with Crippen LogP contribution in [-0.2, 0) is 10.0 Å². The average molecular weight is 422 g/mol. The van der Waals surface area contributed by atoms with Crippen LogP contribution in [0.4, 0.5) is 11.6 Å². The average Bonchev–Trinajstić information content (AvgIpc) is 3.40. The lowest BCUT2D eigenvalue weighted by Crippen LogP contribution is -2.49. The van der Waals surface area contributed by atoms with Gasteiger partial charge in [-0.05, 0) is 18.4 Å². The zero-order valence-electron chi connectivity index (χ0n) is 15.1. The molecule has 0 unspecified atom stereocenters. The highest BCUT2D eigenvalue weighted by Gasteiger charge is 2.27. The molecule has 1 aliphatic rings.